The molecule has 0 aliphatic carbocycles. The lowest BCUT2D eigenvalue weighted by atomic mass is 10.2. The molecule has 2 saturated heterocycles. The molecule has 1 aromatic rings. The van der Waals surface area contributed by atoms with E-state index in [0.717, 1.165) is 0 Å². The van der Waals surface area contributed by atoms with Gasteiger partial charge in [0.05, 0.1) is 25.3 Å². The predicted octanol–water partition coefficient (Wildman–Crippen LogP) is 0.810. The van der Waals surface area contributed by atoms with E-state index in [1.165, 1.54) is 18.3 Å². The first-order valence-electron chi connectivity index (χ1n) is 5.87. The van der Waals surface area contributed by atoms with Gasteiger partial charge >= 0.3 is 0 Å². The number of carbonyl (C=O) groups is 1. The van der Waals surface area contributed by atoms with Crippen molar-refractivity contribution in [3.05, 3.63) is 29.8 Å². The van der Waals surface area contributed by atoms with Crippen molar-refractivity contribution in [3.63, 3.8) is 0 Å². The molecule has 0 saturated carbocycles. The zero-order chi connectivity index (χ0) is 12.6. The molecule has 1 amide bonds. The maximum absolute atomic E-state index is 12.7. The Bertz CT molecular complexity index is 457. The minimum absolute atomic E-state index is 0.168. The number of rotatable bonds is 1. The van der Waals surface area contributed by atoms with Crippen molar-refractivity contribution in [3.8, 4) is 0 Å². The highest BCUT2D eigenvalue weighted by Gasteiger charge is 2.44. The van der Waals surface area contributed by atoms with Crippen LogP contribution >= 0.6 is 0 Å². The molecule has 3 heterocycles. The number of nitrogens with zero attached hydrogens (tertiary/aromatic N) is 2. The van der Waals surface area contributed by atoms with Gasteiger partial charge in [0.25, 0.3) is 5.91 Å². The minimum Gasteiger partial charge on any atom is -0.346 e. The second-order valence-electron chi connectivity index (χ2n) is 4.45. The molecule has 0 unspecified atom stereocenters. The van der Waals surface area contributed by atoms with Crippen molar-refractivity contribution >= 4 is 5.91 Å². The summed E-state index contributed by atoms with van der Waals surface area (Å²) >= 11 is 0. The Morgan fingerprint density at radius 2 is 2.17 bits per heavy atom. The number of halogens is 1. The van der Waals surface area contributed by atoms with Crippen molar-refractivity contribution in [2.24, 2.45) is 0 Å². The lowest BCUT2D eigenvalue weighted by Gasteiger charge is -2.22. The zero-order valence-electron chi connectivity index (χ0n) is 9.76. The Morgan fingerprint density at radius 3 is 2.83 bits per heavy atom. The fourth-order valence-corrected chi connectivity index (χ4v) is 2.35. The first-order chi connectivity index (χ1) is 8.69. The molecule has 2 fully saturated rings. The van der Waals surface area contributed by atoms with Crippen LogP contribution in [0.15, 0.2) is 18.3 Å². The van der Waals surface area contributed by atoms with Crippen LogP contribution in [0.3, 0.4) is 0 Å². The number of likely N-dealkylation sites (tertiary alicyclic amines) is 1. The molecular formula is C12H13FN2O3. The summed E-state index contributed by atoms with van der Waals surface area (Å²) in [6.45, 7) is 2.14. The van der Waals surface area contributed by atoms with Gasteiger partial charge in [0, 0.05) is 19.2 Å². The lowest BCUT2D eigenvalue weighted by molar-refractivity contribution is -0.143. The first kappa shape index (κ1) is 11.6. The van der Waals surface area contributed by atoms with Gasteiger partial charge < -0.3 is 14.4 Å². The van der Waals surface area contributed by atoms with E-state index in [0.29, 0.717) is 38.3 Å². The van der Waals surface area contributed by atoms with Gasteiger partial charge in [-0.1, -0.05) is 0 Å². The van der Waals surface area contributed by atoms with Crippen molar-refractivity contribution in [1.82, 2.24) is 9.88 Å². The number of aromatic nitrogens is 1. The van der Waals surface area contributed by atoms with Crippen LogP contribution in [0, 0.1) is 5.95 Å². The molecule has 5 nitrogen and oxygen atoms in total. The molecule has 0 bridgehead atoms. The molecule has 96 valence electrons. The van der Waals surface area contributed by atoms with E-state index >= 15 is 0 Å². The molecule has 2 aliphatic rings. The molecule has 1 aromatic heterocycles. The van der Waals surface area contributed by atoms with Crippen LogP contribution in [-0.4, -0.2) is 47.9 Å². The minimum atomic E-state index is -0.622. The van der Waals surface area contributed by atoms with Crippen LogP contribution in [0.25, 0.3) is 0 Å². The summed E-state index contributed by atoms with van der Waals surface area (Å²) in [7, 11) is 0. The Labute approximate surface area is 104 Å². The molecule has 0 N–H and O–H groups in total. The van der Waals surface area contributed by atoms with Gasteiger partial charge in [-0.3, -0.25) is 4.79 Å². The third-order valence-electron chi connectivity index (χ3n) is 3.27. The molecule has 2 aliphatic heterocycles. The fourth-order valence-electron chi connectivity index (χ4n) is 2.35. The van der Waals surface area contributed by atoms with E-state index in [4.69, 9.17) is 9.47 Å². The summed E-state index contributed by atoms with van der Waals surface area (Å²) < 4.78 is 23.8. The van der Waals surface area contributed by atoms with Crippen molar-refractivity contribution in [1.29, 1.82) is 0 Å². The number of hydrogen-bond acceptors (Lipinski definition) is 4. The quantitative estimate of drug-likeness (QED) is 0.694. The van der Waals surface area contributed by atoms with E-state index < -0.39 is 11.7 Å². The Balaban J connectivity index is 1.72. The first-order valence-corrected chi connectivity index (χ1v) is 5.87. The molecule has 0 atom stereocenters. The van der Waals surface area contributed by atoms with E-state index in [1.807, 2.05) is 0 Å². The molecule has 18 heavy (non-hydrogen) atoms. The van der Waals surface area contributed by atoms with E-state index in [-0.39, 0.29) is 5.91 Å². The SMILES string of the molecule is O=C(c1ccc(F)nc1)N1CCC2(C1)OCCO2. The van der Waals surface area contributed by atoms with E-state index in [1.54, 1.807) is 4.90 Å². The molecule has 0 radical (unpaired) electrons. The Morgan fingerprint density at radius 1 is 1.39 bits per heavy atom. The van der Waals surface area contributed by atoms with E-state index in [9.17, 15) is 9.18 Å². The van der Waals surface area contributed by atoms with Crippen molar-refractivity contribution in [2.45, 2.75) is 12.2 Å². The third-order valence-corrected chi connectivity index (χ3v) is 3.27. The van der Waals surface area contributed by atoms with E-state index in [2.05, 4.69) is 4.98 Å². The average Bonchev–Trinajstić information content (AvgIpc) is 3.01. The van der Waals surface area contributed by atoms with Gasteiger partial charge in [-0.05, 0) is 12.1 Å². The Hall–Kier alpha value is -1.53. The maximum Gasteiger partial charge on any atom is 0.255 e. The van der Waals surface area contributed by atoms with Gasteiger partial charge in [0.1, 0.15) is 0 Å². The highest BCUT2D eigenvalue weighted by atomic mass is 19.1. The molecule has 0 aromatic carbocycles. The second-order valence-corrected chi connectivity index (χ2v) is 4.45. The highest BCUT2D eigenvalue weighted by Crippen LogP contribution is 2.31. The summed E-state index contributed by atoms with van der Waals surface area (Å²) in [4.78, 5) is 17.3. The third kappa shape index (κ3) is 1.97. The average molecular weight is 252 g/mol. The molecule has 6 heteroatoms. The highest BCUT2D eigenvalue weighted by molar-refractivity contribution is 5.94. The largest absolute Gasteiger partial charge is 0.346 e. The van der Waals surface area contributed by atoms with Gasteiger partial charge in [0.15, 0.2) is 5.79 Å². The standard InChI is InChI=1S/C12H13FN2O3/c13-10-2-1-9(7-14-10)11(16)15-4-3-12(8-15)17-5-6-18-12/h1-2,7H,3-6,8H2. The summed E-state index contributed by atoms with van der Waals surface area (Å²) in [5.41, 5.74) is 0.381. The number of pyridine rings is 1. The predicted molar refractivity (Wildman–Crippen MR) is 59.4 cm³/mol. The van der Waals surface area contributed by atoms with Crippen LogP contribution in [-0.2, 0) is 9.47 Å². The fraction of sp³-hybridized carbons (Fsp3) is 0.500. The summed E-state index contributed by atoms with van der Waals surface area (Å²) in [6, 6.07) is 2.62. The smallest absolute Gasteiger partial charge is 0.255 e. The summed E-state index contributed by atoms with van der Waals surface area (Å²) in [5, 5.41) is 0. The van der Waals surface area contributed by atoms with Crippen LogP contribution in [0.2, 0.25) is 0 Å². The number of carbonyl (C=O) groups excluding carboxylic acids is 1. The monoisotopic (exact) mass is 252 g/mol. The Kier molecular flexibility index (Phi) is 2.76. The summed E-state index contributed by atoms with van der Waals surface area (Å²) in [6.07, 6.45) is 1.92. The summed E-state index contributed by atoms with van der Waals surface area (Å²) in [5.74, 6) is -1.38. The number of amides is 1. The van der Waals surface area contributed by atoms with Crippen LogP contribution < -0.4 is 0 Å². The molecular weight excluding hydrogens is 239 g/mol. The van der Waals surface area contributed by atoms with Gasteiger partial charge in [-0.2, -0.15) is 4.39 Å². The topological polar surface area (TPSA) is 51.7 Å². The van der Waals surface area contributed by atoms with Crippen LogP contribution in [0.1, 0.15) is 16.8 Å². The number of ether oxygens (including phenoxy) is 2. The molecule has 1 spiro atoms. The lowest BCUT2D eigenvalue weighted by Crippen LogP contribution is -2.36. The molecule has 3 rings (SSSR count). The maximum atomic E-state index is 12.7. The van der Waals surface area contributed by atoms with Gasteiger partial charge in [0.2, 0.25) is 5.95 Å². The zero-order valence-corrected chi connectivity index (χ0v) is 9.76. The van der Waals surface area contributed by atoms with Crippen LogP contribution in [0.4, 0.5) is 4.39 Å². The normalized spacial score (nSPS) is 21.7. The van der Waals surface area contributed by atoms with Crippen LogP contribution in [0.5, 0.6) is 0 Å². The van der Waals surface area contributed by atoms with Gasteiger partial charge in [-0.25, -0.2) is 4.98 Å². The van der Waals surface area contributed by atoms with Crippen molar-refractivity contribution in [2.75, 3.05) is 26.3 Å². The van der Waals surface area contributed by atoms with Gasteiger partial charge in [-0.15, -0.1) is 0 Å². The number of hydrogen-bond donors (Lipinski definition) is 0. The second kappa shape index (κ2) is 4.29. The van der Waals surface area contributed by atoms with Crippen molar-refractivity contribution < 1.29 is 18.7 Å².